The van der Waals surface area contributed by atoms with E-state index in [9.17, 15) is 4.79 Å². The monoisotopic (exact) mass is 178 g/mol. The molecule has 0 aliphatic heterocycles. The molecule has 0 bridgehead atoms. The number of carboxylic acid groups (broad SMARTS) is 1. The highest BCUT2D eigenvalue weighted by Crippen LogP contribution is 1.97. The molecule has 5 heteroatoms. The summed E-state index contributed by atoms with van der Waals surface area (Å²) in [5.74, 6) is 0. The Bertz CT molecular complexity index is 125. The van der Waals surface area contributed by atoms with Crippen molar-refractivity contribution >= 4 is 6.16 Å². The first kappa shape index (κ1) is 11.2. The standard InChI is InChI=1S/C7H14O5/c1-3-4-11-6(5-10-2)12-7(8)9/h6H,3-5H2,1-2H3,(H,8,9). The highest BCUT2D eigenvalue weighted by molar-refractivity contribution is 5.56. The normalized spacial score (nSPS) is 12.5. The Balaban J connectivity index is 3.61. The van der Waals surface area contributed by atoms with Crippen LogP contribution in [0.25, 0.3) is 0 Å². The number of rotatable bonds is 6. The number of ether oxygens (including phenoxy) is 3. The van der Waals surface area contributed by atoms with E-state index in [0.717, 1.165) is 6.42 Å². The third kappa shape index (κ3) is 5.94. The van der Waals surface area contributed by atoms with Gasteiger partial charge in [0.1, 0.15) is 6.61 Å². The van der Waals surface area contributed by atoms with Gasteiger partial charge in [-0.1, -0.05) is 6.92 Å². The van der Waals surface area contributed by atoms with Crippen LogP contribution in [0.15, 0.2) is 0 Å². The second kappa shape index (κ2) is 6.87. The van der Waals surface area contributed by atoms with Gasteiger partial charge in [-0.3, -0.25) is 0 Å². The van der Waals surface area contributed by atoms with Gasteiger partial charge in [0, 0.05) is 7.11 Å². The molecule has 72 valence electrons. The average Bonchev–Trinajstić information content (AvgIpc) is 2.00. The summed E-state index contributed by atoms with van der Waals surface area (Å²) in [6, 6.07) is 0. The zero-order valence-corrected chi connectivity index (χ0v) is 7.28. The SMILES string of the molecule is CCCOC(COC)OC(=O)O. The van der Waals surface area contributed by atoms with Crippen molar-refractivity contribution in [1.82, 2.24) is 0 Å². The summed E-state index contributed by atoms with van der Waals surface area (Å²) >= 11 is 0. The van der Waals surface area contributed by atoms with E-state index in [1.807, 2.05) is 6.92 Å². The summed E-state index contributed by atoms with van der Waals surface area (Å²) in [6.45, 7) is 2.50. The predicted molar refractivity (Wildman–Crippen MR) is 41.0 cm³/mol. The lowest BCUT2D eigenvalue weighted by Gasteiger charge is -2.14. The molecule has 1 N–H and O–H groups in total. The molecule has 5 nitrogen and oxygen atoms in total. The van der Waals surface area contributed by atoms with Crippen LogP contribution in [-0.4, -0.2) is 37.9 Å². The van der Waals surface area contributed by atoms with E-state index in [1.165, 1.54) is 7.11 Å². The molecule has 0 rings (SSSR count). The fourth-order valence-corrected chi connectivity index (χ4v) is 0.614. The summed E-state index contributed by atoms with van der Waals surface area (Å²) in [7, 11) is 1.45. The lowest BCUT2D eigenvalue weighted by molar-refractivity contribution is -0.143. The highest BCUT2D eigenvalue weighted by Gasteiger charge is 2.12. The maximum Gasteiger partial charge on any atom is 0.508 e. The van der Waals surface area contributed by atoms with E-state index in [-0.39, 0.29) is 6.61 Å². The molecule has 0 aliphatic carbocycles. The minimum Gasteiger partial charge on any atom is -0.450 e. The third-order valence-corrected chi connectivity index (χ3v) is 1.04. The van der Waals surface area contributed by atoms with Crippen LogP contribution in [0.5, 0.6) is 0 Å². The molecule has 0 aromatic heterocycles. The average molecular weight is 178 g/mol. The van der Waals surface area contributed by atoms with Gasteiger partial charge >= 0.3 is 6.16 Å². The Morgan fingerprint density at radius 2 is 2.25 bits per heavy atom. The zero-order valence-electron chi connectivity index (χ0n) is 7.28. The van der Waals surface area contributed by atoms with E-state index in [1.54, 1.807) is 0 Å². The number of hydrogen-bond donors (Lipinski definition) is 1. The molecule has 0 heterocycles. The second-order valence-electron chi connectivity index (χ2n) is 2.14. The van der Waals surface area contributed by atoms with Crippen LogP contribution in [0.3, 0.4) is 0 Å². The van der Waals surface area contributed by atoms with Crippen LogP contribution in [0.1, 0.15) is 13.3 Å². The molecule has 0 spiro atoms. The van der Waals surface area contributed by atoms with Crippen molar-refractivity contribution in [2.45, 2.75) is 19.6 Å². The minimum atomic E-state index is -1.35. The molecule has 0 saturated carbocycles. The second-order valence-corrected chi connectivity index (χ2v) is 2.14. The van der Waals surface area contributed by atoms with E-state index >= 15 is 0 Å². The number of carbonyl (C=O) groups is 1. The van der Waals surface area contributed by atoms with Crippen molar-refractivity contribution < 1.29 is 24.1 Å². The summed E-state index contributed by atoms with van der Waals surface area (Å²) in [6.07, 6.45) is -1.36. The molecule has 12 heavy (non-hydrogen) atoms. The van der Waals surface area contributed by atoms with Crippen molar-refractivity contribution in [3.63, 3.8) is 0 Å². The first-order valence-corrected chi connectivity index (χ1v) is 3.70. The molecule has 0 fully saturated rings. The quantitative estimate of drug-likeness (QED) is 0.487. The molecule has 0 aromatic rings. The molecule has 0 saturated heterocycles. The van der Waals surface area contributed by atoms with Crippen molar-refractivity contribution in [3.8, 4) is 0 Å². The van der Waals surface area contributed by atoms with Crippen molar-refractivity contribution in [1.29, 1.82) is 0 Å². The molecule has 0 amide bonds. The highest BCUT2D eigenvalue weighted by atomic mass is 16.8. The van der Waals surface area contributed by atoms with Crippen molar-refractivity contribution in [2.24, 2.45) is 0 Å². The van der Waals surface area contributed by atoms with E-state index in [4.69, 9.17) is 9.84 Å². The van der Waals surface area contributed by atoms with Crippen molar-refractivity contribution in [2.75, 3.05) is 20.3 Å². The first-order chi connectivity index (χ1) is 5.70. The molecule has 1 unspecified atom stereocenters. The van der Waals surface area contributed by atoms with Gasteiger partial charge in [0.25, 0.3) is 0 Å². The van der Waals surface area contributed by atoms with Crippen LogP contribution in [0.4, 0.5) is 4.79 Å². The fraction of sp³-hybridized carbons (Fsp3) is 0.857. The fourth-order valence-electron chi connectivity index (χ4n) is 0.614. The van der Waals surface area contributed by atoms with Gasteiger partial charge in [-0.15, -0.1) is 0 Å². The van der Waals surface area contributed by atoms with Crippen LogP contribution in [-0.2, 0) is 14.2 Å². The van der Waals surface area contributed by atoms with E-state index < -0.39 is 12.4 Å². The van der Waals surface area contributed by atoms with Gasteiger partial charge in [-0.05, 0) is 6.42 Å². The van der Waals surface area contributed by atoms with Gasteiger partial charge in [-0.25, -0.2) is 4.79 Å². The van der Waals surface area contributed by atoms with Crippen LogP contribution in [0.2, 0.25) is 0 Å². The lowest BCUT2D eigenvalue weighted by atomic mass is 10.5. The summed E-state index contributed by atoms with van der Waals surface area (Å²) in [5.41, 5.74) is 0. The van der Waals surface area contributed by atoms with Gasteiger partial charge < -0.3 is 19.3 Å². The van der Waals surface area contributed by atoms with E-state index in [0.29, 0.717) is 6.61 Å². The number of methoxy groups -OCH3 is 1. The number of hydrogen-bond acceptors (Lipinski definition) is 4. The maximum atomic E-state index is 10.1. The Morgan fingerprint density at radius 3 is 2.67 bits per heavy atom. The Kier molecular flexibility index (Phi) is 6.41. The summed E-state index contributed by atoms with van der Waals surface area (Å²) in [4.78, 5) is 10.1. The Hall–Kier alpha value is -0.810. The van der Waals surface area contributed by atoms with E-state index in [2.05, 4.69) is 9.47 Å². The minimum absolute atomic E-state index is 0.117. The smallest absolute Gasteiger partial charge is 0.450 e. The Morgan fingerprint density at radius 1 is 1.58 bits per heavy atom. The lowest BCUT2D eigenvalue weighted by Crippen LogP contribution is -2.25. The van der Waals surface area contributed by atoms with Crippen LogP contribution < -0.4 is 0 Å². The molecule has 1 atom stereocenters. The molecular weight excluding hydrogens is 164 g/mol. The summed E-state index contributed by atoms with van der Waals surface area (Å²) in [5, 5.41) is 8.25. The van der Waals surface area contributed by atoms with Gasteiger partial charge in [-0.2, -0.15) is 0 Å². The Labute approximate surface area is 71.2 Å². The van der Waals surface area contributed by atoms with Crippen LogP contribution in [0, 0.1) is 0 Å². The molecule has 0 aliphatic rings. The summed E-state index contributed by atoms with van der Waals surface area (Å²) < 4.78 is 14.1. The van der Waals surface area contributed by atoms with Gasteiger partial charge in [0.05, 0.1) is 6.61 Å². The maximum absolute atomic E-state index is 10.1. The third-order valence-electron chi connectivity index (χ3n) is 1.04. The predicted octanol–water partition coefficient (Wildman–Crippen LogP) is 1.08. The van der Waals surface area contributed by atoms with Gasteiger partial charge in [0.15, 0.2) is 0 Å². The van der Waals surface area contributed by atoms with Gasteiger partial charge in [0.2, 0.25) is 6.29 Å². The van der Waals surface area contributed by atoms with Crippen molar-refractivity contribution in [3.05, 3.63) is 0 Å². The topological polar surface area (TPSA) is 65.0 Å². The van der Waals surface area contributed by atoms with Crippen LogP contribution >= 0.6 is 0 Å². The molecule has 0 radical (unpaired) electrons. The first-order valence-electron chi connectivity index (χ1n) is 3.70. The molecule has 0 aromatic carbocycles. The largest absolute Gasteiger partial charge is 0.508 e. The molecular formula is C7H14O5. The zero-order chi connectivity index (χ0) is 9.40.